The molecule has 1 rings (SSSR count). The minimum absolute atomic E-state index is 0.146. The largest absolute Gasteiger partial charge is 0.322 e. The van der Waals surface area contributed by atoms with Crippen LogP contribution in [0.4, 0.5) is 5.69 Å². The molecule has 0 heterocycles. The van der Waals surface area contributed by atoms with Crippen molar-refractivity contribution in [2.75, 3.05) is 24.7 Å². The first-order chi connectivity index (χ1) is 9.04. The van der Waals surface area contributed by atoms with Crippen LogP contribution in [0.3, 0.4) is 0 Å². The fraction of sp³-hybridized carbons (Fsp3) is 0.462. The van der Waals surface area contributed by atoms with Crippen LogP contribution in [0.2, 0.25) is 10.0 Å². The molecule has 1 aromatic carbocycles. The predicted molar refractivity (Wildman–Crippen MR) is 85.6 cm³/mol. The van der Waals surface area contributed by atoms with Gasteiger partial charge in [0.15, 0.2) is 0 Å². The summed E-state index contributed by atoms with van der Waals surface area (Å²) in [5.41, 5.74) is 0.468. The third-order valence-electron chi connectivity index (χ3n) is 2.64. The van der Waals surface area contributed by atoms with Gasteiger partial charge in [0.25, 0.3) is 0 Å². The number of anilines is 1. The molecule has 1 aromatic rings. The zero-order valence-electron chi connectivity index (χ0n) is 11.0. The van der Waals surface area contributed by atoms with Crippen molar-refractivity contribution in [1.82, 2.24) is 5.32 Å². The summed E-state index contributed by atoms with van der Waals surface area (Å²) < 4.78 is 0. The molecule has 0 aliphatic carbocycles. The van der Waals surface area contributed by atoms with Crippen molar-refractivity contribution in [1.29, 1.82) is 0 Å². The number of hydrogen-bond acceptors (Lipinski definition) is 3. The maximum atomic E-state index is 11.7. The molecule has 1 atom stereocenters. The minimum atomic E-state index is -0.146. The van der Waals surface area contributed by atoms with Gasteiger partial charge in [-0.25, -0.2) is 0 Å². The summed E-state index contributed by atoms with van der Waals surface area (Å²) in [6, 6.07) is 5.12. The fourth-order valence-electron chi connectivity index (χ4n) is 1.43. The second-order valence-corrected chi connectivity index (χ2v) is 6.25. The van der Waals surface area contributed by atoms with Crippen LogP contribution >= 0.6 is 35.0 Å². The highest BCUT2D eigenvalue weighted by molar-refractivity contribution is 7.99. The summed E-state index contributed by atoms with van der Waals surface area (Å²) in [6.45, 7) is 3.23. The molecule has 0 saturated heterocycles. The normalized spacial score (nSPS) is 12.2. The van der Waals surface area contributed by atoms with Gasteiger partial charge in [0.2, 0.25) is 5.91 Å². The lowest BCUT2D eigenvalue weighted by atomic mass is 10.3. The van der Waals surface area contributed by atoms with E-state index >= 15 is 0 Å². The summed E-state index contributed by atoms with van der Waals surface area (Å²) in [5.74, 6) is -0.146. The Morgan fingerprint density at radius 3 is 2.58 bits per heavy atom. The van der Waals surface area contributed by atoms with Gasteiger partial charge in [-0.3, -0.25) is 4.79 Å². The van der Waals surface area contributed by atoms with Gasteiger partial charge < -0.3 is 10.6 Å². The Balaban J connectivity index is 2.35. The first kappa shape index (κ1) is 16.6. The summed E-state index contributed by atoms with van der Waals surface area (Å²) in [4.78, 5) is 11.7. The van der Waals surface area contributed by atoms with Gasteiger partial charge in [-0.05, 0) is 31.4 Å². The number of para-hydroxylation sites is 1. The van der Waals surface area contributed by atoms with E-state index in [9.17, 15) is 4.79 Å². The van der Waals surface area contributed by atoms with Crippen LogP contribution in [-0.4, -0.2) is 30.5 Å². The Morgan fingerprint density at radius 1 is 1.37 bits per heavy atom. The van der Waals surface area contributed by atoms with E-state index in [-0.39, 0.29) is 12.5 Å². The molecule has 0 aromatic heterocycles. The monoisotopic (exact) mass is 320 g/mol. The molecule has 0 spiro atoms. The van der Waals surface area contributed by atoms with Crippen molar-refractivity contribution in [3.8, 4) is 0 Å². The first-order valence-electron chi connectivity index (χ1n) is 6.02. The van der Waals surface area contributed by atoms with Crippen molar-refractivity contribution in [2.24, 2.45) is 0 Å². The smallest absolute Gasteiger partial charge is 0.238 e. The van der Waals surface area contributed by atoms with Crippen LogP contribution < -0.4 is 10.6 Å². The van der Waals surface area contributed by atoms with Gasteiger partial charge in [-0.15, -0.1) is 0 Å². The van der Waals surface area contributed by atoms with E-state index in [1.807, 2.05) is 11.8 Å². The summed E-state index contributed by atoms with van der Waals surface area (Å²) in [7, 11) is 0. The lowest BCUT2D eigenvalue weighted by molar-refractivity contribution is -0.115. The maximum Gasteiger partial charge on any atom is 0.238 e. The van der Waals surface area contributed by atoms with Crippen LogP contribution in [0.1, 0.15) is 13.3 Å². The Kier molecular flexibility index (Phi) is 7.61. The van der Waals surface area contributed by atoms with E-state index in [1.54, 1.807) is 18.2 Å². The van der Waals surface area contributed by atoms with Crippen molar-refractivity contribution in [2.45, 2.75) is 18.6 Å². The first-order valence-corrected chi connectivity index (χ1v) is 8.06. The third kappa shape index (κ3) is 6.04. The van der Waals surface area contributed by atoms with E-state index in [4.69, 9.17) is 23.2 Å². The molecule has 3 nitrogen and oxygen atoms in total. The molecule has 106 valence electrons. The molecular formula is C13H18Cl2N2OS. The minimum Gasteiger partial charge on any atom is -0.322 e. The van der Waals surface area contributed by atoms with Gasteiger partial charge in [0.1, 0.15) is 0 Å². The third-order valence-corrected chi connectivity index (χ3v) is 4.31. The molecule has 19 heavy (non-hydrogen) atoms. The lowest BCUT2D eigenvalue weighted by Gasteiger charge is -2.11. The molecular weight excluding hydrogens is 303 g/mol. The molecule has 1 unspecified atom stereocenters. The highest BCUT2D eigenvalue weighted by atomic mass is 35.5. The second-order valence-electron chi connectivity index (χ2n) is 4.16. The molecule has 0 radical (unpaired) electrons. The molecule has 2 N–H and O–H groups in total. The highest BCUT2D eigenvalue weighted by Gasteiger charge is 2.09. The molecule has 1 amide bonds. The summed E-state index contributed by atoms with van der Waals surface area (Å²) in [5, 5.41) is 7.28. The SMILES string of the molecule is CSC(C)CCNCC(=O)Nc1c(Cl)cccc1Cl. The van der Waals surface area contributed by atoms with Crippen molar-refractivity contribution >= 4 is 46.6 Å². The van der Waals surface area contributed by atoms with Crippen molar-refractivity contribution in [3.05, 3.63) is 28.2 Å². The van der Waals surface area contributed by atoms with Gasteiger partial charge in [0.05, 0.1) is 22.3 Å². The molecule has 0 saturated carbocycles. The van der Waals surface area contributed by atoms with Crippen LogP contribution in [0.15, 0.2) is 18.2 Å². The Labute approximate surface area is 128 Å². The number of thioether (sulfide) groups is 1. The zero-order chi connectivity index (χ0) is 14.3. The zero-order valence-corrected chi connectivity index (χ0v) is 13.3. The number of rotatable bonds is 7. The quantitative estimate of drug-likeness (QED) is 0.753. The van der Waals surface area contributed by atoms with E-state index in [0.717, 1.165) is 13.0 Å². The highest BCUT2D eigenvalue weighted by Crippen LogP contribution is 2.29. The summed E-state index contributed by atoms with van der Waals surface area (Å²) in [6.07, 6.45) is 3.11. The number of carbonyl (C=O) groups is 1. The predicted octanol–water partition coefficient (Wildman–Crippen LogP) is 3.66. The lowest BCUT2D eigenvalue weighted by Crippen LogP contribution is -2.29. The van der Waals surface area contributed by atoms with Crippen LogP contribution in [0.5, 0.6) is 0 Å². The number of benzene rings is 1. The Bertz CT molecular complexity index is 409. The van der Waals surface area contributed by atoms with E-state index in [1.165, 1.54) is 0 Å². The average molecular weight is 321 g/mol. The second kappa shape index (κ2) is 8.69. The molecule has 0 fully saturated rings. The Hall–Kier alpha value is -0.420. The van der Waals surface area contributed by atoms with Crippen molar-refractivity contribution in [3.63, 3.8) is 0 Å². The summed E-state index contributed by atoms with van der Waals surface area (Å²) >= 11 is 13.8. The maximum absolute atomic E-state index is 11.7. The molecule has 0 bridgehead atoms. The number of hydrogen-bond donors (Lipinski definition) is 2. The number of amides is 1. The van der Waals surface area contributed by atoms with E-state index < -0.39 is 0 Å². The van der Waals surface area contributed by atoms with Gasteiger partial charge in [-0.1, -0.05) is 36.2 Å². The van der Waals surface area contributed by atoms with Crippen LogP contribution in [-0.2, 0) is 4.79 Å². The number of nitrogens with one attached hydrogen (secondary N) is 2. The fourth-order valence-corrected chi connectivity index (χ4v) is 2.27. The van der Waals surface area contributed by atoms with E-state index in [2.05, 4.69) is 23.8 Å². The van der Waals surface area contributed by atoms with Crippen molar-refractivity contribution < 1.29 is 4.79 Å². The van der Waals surface area contributed by atoms with Gasteiger partial charge >= 0.3 is 0 Å². The van der Waals surface area contributed by atoms with Gasteiger partial charge in [-0.2, -0.15) is 11.8 Å². The van der Waals surface area contributed by atoms with Gasteiger partial charge in [0, 0.05) is 5.25 Å². The van der Waals surface area contributed by atoms with Crippen LogP contribution in [0, 0.1) is 0 Å². The standard InChI is InChI=1S/C13H18Cl2N2OS/c1-9(19-2)6-7-16-8-12(18)17-13-10(14)4-3-5-11(13)15/h3-5,9,16H,6-8H2,1-2H3,(H,17,18). The molecule has 6 heteroatoms. The molecule has 0 aliphatic heterocycles. The number of carbonyl (C=O) groups excluding carboxylic acids is 1. The topological polar surface area (TPSA) is 41.1 Å². The number of halogens is 2. The average Bonchev–Trinajstić information content (AvgIpc) is 2.39. The van der Waals surface area contributed by atoms with Crippen LogP contribution in [0.25, 0.3) is 0 Å². The van der Waals surface area contributed by atoms with E-state index in [0.29, 0.717) is 21.0 Å². The Morgan fingerprint density at radius 2 is 2.00 bits per heavy atom. The molecule has 0 aliphatic rings.